The second kappa shape index (κ2) is 7.55. The molecular weight excluding hydrogens is 308 g/mol. The first-order valence-corrected chi connectivity index (χ1v) is 9.03. The Bertz CT molecular complexity index is 645. The molecule has 0 bridgehead atoms. The highest BCUT2D eigenvalue weighted by Gasteiger charge is 2.15. The van der Waals surface area contributed by atoms with Gasteiger partial charge in [0, 0.05) is 24.5 Å². The van der Waals surface area contributed by atoms with E-state index in [0.29, 0.717) is 11.3 Å². The molecule has 1 saturated heterocycles. The molecule has 122 valence electrons. The molecule has 0 aliphatic carbocycles. The van der Waals surface area contributed by atoms with Gasteiger partial charge in [-0.2, -0.15) is 0 Å². The van der Waals surface area contributed by atoms with Gasteiger partial charge in [-0.3, -0.25) is 4.79 Å². The van der Waals surface area contributed by atoms with Gasteiger partial charge in [0.15, 0.2) is 0 Å². The Morgan fingerprint density at radius 1 is 1.17 bits per heavy atom. The van der Waals surface area contributed by atoms with Crippen LogP contribution in [0.25, 0.3) is 0 Å². The number of amides is 1. The summed E-state index contributed by atoms with van der Waals surface area (Å²) in [6, 6.07) is 8.12. The van der Waals surface area contributed by atoms with Crippen molar-refractivity contribution in [3.05, 3.63) is 34.8 Å². The number of nitrogens with one attached hydrogen (secondary N) is 1. The van der Waals surface area contributed by atoms with Crippen LogP contribution in [0.1, 0.15) is 48.0 Å². The highest BCUT2D eigenvalue weighted by molar-refractivity contribution is 7.08. The molecule has 0 radical (unpaired) electrons. The van der Waals surface area contributed by atoms with Gasteiger partial charge in [0.25, 0.3) is 5.91 Å². The maximum absolute atomic E-state index is 12.3. The van der Waals surface area contributed by atoms with Crippen molar-refractivity contribution in [2.24, 2.45) is 0 Å². The first-order chi connectivity index (χ1) is 11.3. The molecular formula is C17H22N4OS. The van der Waals surface area contributed by atoms with Crippen LogP contribution in [0, 0.1) is 0 Å². The van der Waals surface area contributed by atoms with Crippen LogP contribution >= 0.6 is 11.5 Å². The summed E-state index contributed by atoms with van der Waals surface area (Å²) in [4.78, 5) is 15.3. The van der Waals surface area contributed by atoms with Crippen LogP contribution in [0.3, 0.4) is 0 Å². The van der Waals surface area contributed by atoms with Crippen LogP contribution in [0.4, 0.5) is 11.4 Å². The Kier molecular flexibility index (Phi) is 5.23. The predicted molar refractivity (Wildman–Crippen MR) is 94.4 cm³/mol. The third-order valence-corrected chi connectivity index (χ3v) is 4.96. The number of anilines is 2. The number of nitrogens with zero attached hydrogens (tertiary/aromatic N) is 3. The van der Waals surface area contributed by atoms with Crippen LogP contribution < -0.4 is 10.2 Å². The summed E-state index contributed by atoms with van der Waals surface area (Å²) in [6.07, 6.45) is 5.89. The summed E-state index contributed by atoms with van der Waals surface area (Å²) in [5.41, 5.74) is 2.80. The molecule has 0 saturated carbocycles. The molecule has 1 aliphatic heterocycles. The van der Waals surface area contributed by atoms with E-state index in [4.69, 9.17) is 0 Å². The molecule has 5 nitrogen and oxygen atoms in total. The molecule has 1 N–H and O–H groups in total. The fourth-order valence-electron chi connectivity index (χ4n) is 2.88. The molecule has 6 heteroatoms. The maximum Gasteiger partial charge on any atom is 0.269 e. The number of carbonyl (C=O) groups is 1. The van der Waals surface area contributed by atoms with Crippen molar-refractivity contribution in [1.29, 1.82) is 0 Å². The first-order valence-electron chi connectivity index (χ1n) is 8.25. The largest absolute Gasteiger partial charge is 0.372 e. The molecule has 2 aromatic rings. The molecule has 0 spiro atoms. The molecule has 3 rings (SSSR count). The van der Waals surface area contributed by atoms with E-state index >= 15 is 0 Å². The Morgan fingerprint density at radius 2 is 1.87 bits per heavy atom. The van der Waals surface area contributed by atoms with E-state index in [2.05, 4.69) is 31.9 Å². The number of rotatable bonds is 4. The van der Waals surface area contributed by atoms with Crippen LogP contribution in [-0.2, 0) is 6.42 Å². The van der Waals surface area contributed by atoms with E-state index in [-0.39, 0.29) is 5.91 Å². The van der Waals surface area contributed by atoms with Crippen molar-refractivity contribution in [3.8, 4) is 0 Å². The normalized spacial score (nSPS) is 15.3. The zero-order chi connectivity index (χ0) is 16.1. The zero-order valence-corrected chi connectivity index (χ0v) is 14.2. The van der Waals surface area contributed by atoms with Crippen LogP contribution in [-0.4, -0.2) is 28.6 Å². The zero-order valence-electron chi connectivity index (χ0n) is 13.4. The highest BCUT2D eigenvalue weighted by Crippen LogP contribution is 2.22. The van der Waals surface area contributed by atoms with E-state index in [9.17, 15) is 4.79 Å². The molecule has 2 heterocycles. The predicted octanol–water partition coefficient (Wildman–Crippen LogP) is 3.73. The van der Waals surface area contributed by atoms with E-state index in [1.54, 1.807) is 0 Å². The lowest BCUT2D eigenvalue weighted by molar-refractivity contribution is 0.102. The Balaban J connectivity index is 1.66. The van der Waals surface area contributed by atoms with E-state index in [1.165, 1.54) is 31.4 Å². The van der Waals surface area contributed by atoms with Gasteiger partial charge in [-0.05, 0) is 55.1 Å². The molecule has 1 aromatic carbocycles. The van der Waals surface area contributed by atoms with Gasteiger partial charge in [-0.25, -0.2) is 0 Å². The first kappa shape index (κ1) is 15.9. The summed E-state index contributed by atoms with van der Waals surface area (Å²) in [6.45, 7) is 4.22. The van der Waals surface area contributed by atoms with Crippen LogP contribution in [0.5, 0.6) is 0 Å². The molecule has 23 heavy (non-hydrogen) atoms. The SMILES string of the molecule is CCc1nnsc1C(=O)Nc1ccc(N2CCCCCC2)cc1. The van der Waals surface area contributed by atoms with E-state index in [0.717, 1.165) is 36.0 Å². The Labute approximate surface area is 140 Å². The van der Waals surface area contributed by atoms with Crippen molar-refractivity contribution in [2.75, 3.05) is 23.3 Å². The smallest absolute Gasteiger partial charge is 0.269 e. The quantitative estimate of drug-likeness (QED) is 0.928. The second-order valence-electron chi connectivity index (χ2n) is 5.80. The highest BCUT2D eigenvalue weighted by atomic mass is 32.1. The average molecular weight is 330 g/mol. The van der Waals surface area contributed by atoms with Crippen LogP contribution in [0.2, 0.25) is 0 Å². The van der Waals surface area contributed by atoms with Gasteiger partial charge in [0.1, 0.15) is 4.88 Å². The number of aromatic nitrogens is 2. The van der Waals surface area contributed by atoms with Crippen LogP contribution in [0.15, 0.2) is 24.3 Å². The number of carbonyl (C=O) groups excluding carboxylic acids is 1. The number of aryl methyl sites for hydroxylation is 1. The molecule has 1 fully saturated rings. The average Bonchev–Trinajstić information content (AvgIpc) is 2.90. The van der Waals surface area contributed by atoms with Crippen molar-refractivity contribution in [2.45, 2.75) is 39.0 Å². The van der Waals surface area contributed by atoms with Crippen molar-refractivity contribution < 1.29 is 4.79 Å². The van der Waals surface area contributed by atoms with E-state index in [1.807, 2.05) is 19.1 Å². The minimum atomic E-state index is -0.126. The lowest BCUT2D eigenvalue weighted by atomic mass is 10.2. The van der Waals surface area contributed by atoms with Gasteiger partial charge in [-0.15, -0.1) is 5.10 Å². The topological polar surface area (TPSA) is 58.1 Å². The molecule has 1 amide bonds. The monoisotopic (exact) mass is 330 g/mol. The summed E-state index contributed by atoms with van der Waals surface area (Å²) in [7, 11) is 0. The summed E-state index contributed by atoms with van der Waals surface area (Å²) in [5.74, 6) is -0.126. The second-order valence-corrected chi connectivity index (χ2v) is 6.56. The minimum Gasteiger partial charge on any atom is -0.372 e. The number of hydrogen-bond donors (Lipinski definition) is 1. The number of benzene rings is 1. The van der Waals surface area contributed by atoms with Gasteiger partial charge in [-0.1, -0.05) is 24.3 Å². The van der Waals surface area contributed by atoms with Crippen molar-refractivity contribution >= 4 is 28.8 Å². The fraction of sp³-hybridized carbons (Fsp3) is 0.471. The maximum atomic E-state index is 12.3. The fourth-order valence-corrected chi connectivity index (χ4v) is 3.53. The lowest BCUT2D eigenvalue weighted by Gasteiger charge is -2.22. The summed E-state index contributed by atoms with van der Waals surface area (Å²) < 4.78 is 3.86. The summed E-state index contributed by atoms with van der Waals surface area (Å²) >= 11 is 1.15. The van der Waals surface area contributed by atoms with Gasteiger partial charge in [0.05, 0.1) is 5.69 Å². The van der Waals surface area contributed by atoms with Crippen molar-refractivity contribution in [3.63, 3.8) is 0 Å². The standard InChI is InChI=1S/C17H22N4OS/c1-2-15-16(23-20-19-15)17(22)18-13-7-9-14(10-8-13)21-11-5-3-4-6-12-21/h7-10H,2-6,11-12H2,1H3,(H,18,22). The molecule has 0 atom stereocenters. The molecule has 1 aliphatic rings. The lowest BCUT2D eigenvalue weighted by Crippen LogP contribution is -2.23. The van der Waals surface area contributed by atoms with Gasteiger partial charge >= 0.3 is 0 Å². The van der Waals surface area contributed by atoms with E-state index < -0.39 is 0 Å². The van der Waals surface area contributed by atoms with Gasteiger partial charge < -0.3 is 10.2 Å². The van der Waals surface area contributed by atoms with Crippen molar-refractivity contribution in [1.82, 2.24) is 9.59 Å². The summed E-state index contributed by atoms with van der Waals surface area (Å²) in [5, 5.41) is 6.92. The minimum absolute atomic E-state index is 0.126. The third-order valence-electron chi connectivity index (χ3n) is 4.19. The Morgan fingerprint density at radius 3 is 2.52 bits per heavy atom. The number of hydrogen-bond acceptors (Lipinski definition) is 5. The van der Waals surface area contributed by atoms with Gasteiger partial charge in [0.2, 0.25) is 0 Å². The molecule has 0 unspecified atom stereocenters. The third kappa shape index (κ3) is 3.88. The Hall–Kier alpha value is -1.95. The molecule has 1 aromatic heterocycles.